The molecule has 4 rings (SSSR count). The van der Waals surface area contributed by atoms with Gasteiger partial charge in [-0.3, -0.25) is 4.90 Å². The summed E-state index contributed by atoms with van der Waals surface area (Å²) in [5, 5.41) is 10.7. The number of halogens is 2. The molecule has 5 nitrogen and oxygen atoms in total. The molecule has 1 fully saturated rings. The molecule has 0 aliphatic carbocycles. The molecule has 0 amide bonds. The van der Waals surface area contributed by atoms with E-state index < -0.39 is 11.9 Å². The van der Waals surface area contributed by atoms with Crippen LogP contribution in [0.3, 0.4) is 0 Å². The van der Waals surface area contributed by atoms with Crippen molar-refractivity contribution in [2.24, 2.45) is 0 Å². The molecule has 7 heteroatoms. The van der Waals surface area contributed by atoms with E-state index in [1.807, 2.05) is 24.3 Å². The highest BCUT2D eigenvalue weighted by Crippen LogP contribution is 2.26. The van der Waals surface area contributed by atoms with E-state index in [-0.39, 0.29) is 5.02 Å². The van der Waals surface area contributed by atoms with Crippen LogP contribution in [0.25, 0.3) is 11.1 Å². The molecular weight excluding hydrogens is 357 g/mol. The van der Waals surface area contributed by atoms with Gasteiger partial charge >= 0.3 is 0 Å². The number of para-hydroxylation sites is 2. The van der Waals surface area contributed by atoms with E-state index in [0.29, 0.717) is 18.1 Å². The van der Waals surface area contributed by atoms with Crippen LogP contribution >= 0.6 is 11.6 Å². The lowest BCUT2D eigenvalue weighted by molar-refractivity contribution is 0.109. The Morgan fingerprint density at radius 2 is 1.92 bits per heavy atom. The van der Waals surface area contributed by atoms with E-state index >= 15 is 0 Å². The Balaban J connectivity index is 1.37. The van der Waals surface area contributed by atoms with Crippen molar-refractivity contribution in [1.29, 1.82) is 0 Å². The number of anilines is 1. The van der Waals surface area contributed by atoms with Gasteiger partial charge in [0.1, 0.15) is 11.3 Å². The summed E-state index contributed by atoms with van der Waals surface area (Å²) in [7, 11) is 0. The molecule has 1 aliphatic heterocycles. The average molecular weight is 376 g/mol. The average Bonchev–Trinajstić information content (AvgIpc) is 3.06. The van der Waals surface area contributed by atoms with Gasteiger partial charge in [0.05, 0.1) is 6.10 Å². The van der Waals surface area contributed by atoms with Crippen LogP contribution in [-0.2, 0) is 0 Å². The number of rotatable bonds is 4. The minimum Gasteiger partial charge on any atom is -0.423 e. The molecule has 1 atom stereocenters. The van der Waals surface area contributed by atoms with Crippen LogP contribution in [0, 0.1) is 5.82 Å². The summed E-state index contributed by atoms with van der Waals surface area (Å²) in [6, 6.07) is 12.4. The van der Waals surface area contributed by atoms with E-state index in [2.05, 4.69) is 14.8 Å². The molecule has 1 saturated heterocycles. The van der Waals surface area contributed by atoms with E-state index in [1.54, 1.807) is 0 Å². The largest absolute Gasteiger partial charge is 0.423 e. The van der Waals surface area contributed by atoms with Crippen LogP contribution in [0.4, 0.5) is 10.4 Å². The van der Waals surface area contributed by atoms with E-state index in [1.165, 1.54) is 18.2 Å². The molecule has 26 heavy (non-hydrogen) atoms. The second-order valence-electron chi connectivity index (χ2n) is 6.43. The molecule has 0 saturated carbocycles. The Labute approximate surface area is 155 Å². The zero-order valence-corrected chi connectivity index (χ0v) is 14.9. The van der Waals surface area contributed by atoms with Crippen LogP contribution in [0.15, 0.2) is 46.9 Å². The molecule has 1 unspecified atom stereocenters. The highest BCUT2D eigenvalue weighted by Gasteiger charge is 2.23. The van der Waals surface area contributed by atoms with Crippen LogP contribution in [0.5, 0.6) is 0 Å². The zero-order valence-electron chi connectivity index (χ0n) is 14.1. The van der Waals surface area contributed by atoms with Crippen molar-refractivity contribution in [1.82, 2.24) is 9.88 Å². The minimum atomic E-state index is -0.751. The predicted octanol–water partition coefficient (Wildman–Crippen LogP) is 3.48. The molecule has 2 heterocycles. The number of β-amino-alcohol motifs (C(OH)–C–C–N with tert-alkyl or cyclic N) is 1. The number of hydrogen-bond acceptors (Lipinski definition) is 5. The number of piperazine rings is 1. The Kier molecular flexibility index (Phi) is 4.80. The second-order valence-corrected chi connectivity index (χ2v) is 6.84. The molecule has 0 bridgehead atoms. The van der Waals surface area contributed by atoms with Crippen molar-refractivity contribution in [2.45, 2.75) is 6.10 Å². The van der Waals surface area contributed by atoms with Gasteiger partial charge in [0.25, 0.3) is 6.01 Å². The number of aliphatic hydroxyl groups excluding tert-OH is 1. The number of oxazole rings is 1. The third kappa shape index (κ3) is 3.53. The monoisotopic (exact) mass is 375 g/mol. The Hall–Kier alpha value is -2.15. The topological polar surface area (TPSA) is 52.7 Å². The molecule has 1 aliphatic rings. The van der Waals surface area contributed by atoms with Gasteiger partial charge in [-0.2, -0.15) is 4.98 Å². The first-order chi connectivity index (χ1) is 12.6. The van der Waals surface area contributed by atoms with Crippen molar-refractivity contribution in [2.75, 3.05) is 37.6 Å². The molecule has 0 radical (unpaired) electrons. The van der Waals surface area contributed by atoms with Gasteiger partial charge in [-0.15, -0.1) is 0 Å². The molecule has 1 aromatic heterocycles. The van der Waals surface area contributed by atoms with Crippen LogP contribution < -0.4 is 4.90 Å². The quantitative estimate of drug-likeness (QED) is 0.756. The zero-order chi connectivity index (χ0) is 18.1. The van der Waals surface area contributed by atoms with Gasteiger partial charge in [-0.05, 0) is 24.3 Å². The third-order valence-corrected chi connectivity index (χ3v) is 5.01. The van der Waals surface area contributed by atoms with Crippen LogP contribution in [0.1, 0.15) is 11.7 Å². The summed E-state index contributed by atoms with van der Waals surface area (Å²) in [4.78, 5) is 8.79. The van der Waals surface area contributed by atoms with Crippen molar-refractivity contribution < 1.29 is 13.9 Å². The number of aliphatic hydroxyl groups is 1. The number of aromatic nitrogens is 1. The van der Waals surface area contributed by atoms with E-state index in [4.69, 9.17) is 16.0 Å². The number of fused-ring (bicyclic) bond motifs is 1. The smallest absolute Gasteiger partial charge is 0.298 e. The maximum absolute atomic E-state index is 13.2. The Morgan fingerprint density at radius 1 is 1.15 bits per heavy atom. The van der Waals surface area contributed by atoms with Gasteiger partial charge in [0.15, 0.2) is 5.58 Å². The summed E-state index contributed by atoms with van der Waals surface area (Å²) >= 11 is 6.04. The van der Waals surface area contributed by atoms with Crippen molar-refractivity contribution in [3.8, 4) is 0 Å². The molecule has 136 valence electrons. The minimum absolute atomic E-state index is 0.252. The van der Waals surface area contributed by atoms with Gasteiger partial charge < -0.3 is 14.4 Å². The first-order valence-corrected chi connectivity index (χ1v) is 8.94. The fraction of sp³-hybridized carbons (Fsp3) is 0.316. The fourth-order valence-electron chi connectivity index (χ4n) is 3.23. The SMILES string of the molecule is OC(CN1CCN(c2nc3ccccc3o2)CC1)c1ccc(F)cc1Cl. The first-order valence-electron chi connectivity index (χ1n) is 8.56. The third-order valence-electron chi connectivity index (χ3n) is 4.68. The van der Waals surface area contributed by atoms with Crippen molar-refractivity contribution >= 4 is 28.7 Å². The van der Waals surface area contributed by atoms with Crippen molar-refractivity contribution in [3.05, 3.63) is 58.9 Å². The molecule has 0 spiro atoms. The number of nitrogens with zero attached hydrogens (tertiary/aromatic N) is 3. The van der Waals surface area contributed by atoms with Crippen molar-refractivity contribution in [3.63, 3.8) is 0 Å². The molecule has 2 aromatic carbocycles. The van der Waals surface area contributed by atoms with Crippen LogP contribution in [-0.4, -0.2) is 47.7 Å². The molecule has 3 aromatic rings. The number of benzene rings is 2. The lowest BCUT2D eigenvalue weighted by Crippen LogP contribution is -2.47. The summed E-state index contributed by atoms with van der Waals surface area (Å²) < 4.78 is 19.0. The van der Waals surface area contributed by atoms with E-state index in [0.717, 1.165) is 37.3 Å². The summed E-state index contributed by atoms with van der Waals surface area (Å²) in [6.07, 6.45) is -0.751. The molecular formula is C19H19ClFN3O2. The molecule has 1 N–H and O–H groups in total. The lowest BCUT2D eigenvalue weighted by atomic mass is 10.1. The summed E-state index contributed by atoms with van der Waals surface area (Å²) in [6.45, 7) is 3.52. The number of hydrogen-bond donors (Lipinski definition) is 1. The van der Waals surface area contributed by atoms with E-state index in [9.17, 15) is 9.50 Å². The predicted molar refractivity (Wildman–Crippen MR) is 99.0 cm³/mol. The first kappa shape index (κ1) is 17.3. The maximum Gasteiger partial charge on any atom is 0.298 e. The highest BCUT2D eigenvalue weighted by molar-refractivity contribution is 6.31. The Morgan fingerprint density at radius 3 is 2.65 bits per heavy atom. The summed E-state index contributed by atoms with van der Waals surface area (Å²) in [5.41, 5.74) is 2.19. The fourth-order valence-corrected chi connectivity index (χ4v) is 3.52. The normalized spacial score (nSPS) is 17.0. The van der Waals surface area contributed by atoms with Crippen LogP contribution in [0.2, 0.25) is 5.02 Å². The Bertz CT molecular complexity index is 876. The van der Waals surface area contributed by atoms with Gasteiger partial charge in [0, 0.05) is 43.3 Å². The summed E-state index contributed by atoms with van der Waals surface area (Å²) in [5.74, 6) is -0.405. The van der Waals surface area contributed by atoms with Gasteiger partial charge in [-0.25, -0.2) is 4.39 Å². The van der Waals surface area contributed by atoms with Gasteiger partial charge in [-0.1, -0.05) is 29.8 Å². The lowest BCUT2D eigenvalue weighted by Gasteiger charge is -2.34. The van der Waals surface area contributed by atoms with Gasteiger partial charge in [0.2, 0.25) is 0 Å². The standard InChI is InChI=1S/C19H19ClFN3O2/c20-15-11-13(21)5-6-14(15)17(25)12-23-7-9-24(10-8-23)19-22-16-3-1-2-4-18(16)26-19/h1-6,11,17,25H,7-10,12H2. The highest BCUT2D eigenvalue weighted by atomic mass is 35.5. The maximum atomic E-state index is 13.2. The second kappa shape index (κ2) is 7.23.